The number of H-pyrrole nitrogens is 2. The number of hydrogen-bond acceptors (Lipinski definition) is 6. The average molecular weight is 427 g/mol. The number of rotatable bonds is 6. The molecule has 3 rings (SSSR count). The van der Waals surface area contributed by atoms with Crippen LogP contribution in [-0.2, 0) is 10.0 Å². The Bertz CT molecular complexity index is 1320. The maximum absolute atomic E-state index is 12.3. The molecule has 1 heterocycles. The minimum absolute atomic E-state index is 0.126. The van der Waals surface area contributed by atoms with Crippen molar-refractivity contribution in [3.8, 4) is 0 Å². The summed E-state index contributed by atoms with van der Waals surface area (Å²) < 4.78 is 26.8. The zero-order valence-electron chi connectivity index (χ0n) is 15.7. The van der Waals surface area contributed by atoms with Gasteiger partial charge in [-0.2, -0.15) is 5.10 Å². The summed E-state index contributed by atoms with van der Waals surface area (Å²) in [5.74, 6) is -0.480. The molecule has 11 heteroatoms. The zero-order valence-corrected chi connectivity index (χ0v) is 16.5. The fourth-order valence-corrected chi connectivity index (χ4v) is 3.52. The van der Waals surface area contributed by atoms with Gasteiger partial charge in [0, 0.05) is 17.4 Å². The third-order valence-corrected chi connectivity index (χ3v) is 5.42. The Hall–Kier alpha value is -3.99. The highest BCUT2D eigenvalue weighted by Crippen LogP contribution is 2.14. The number of nitrogens with zero attached hydrogens (tertiary/aromatic N) is 1. The summed E-state index contributed by atoms with van der Waals surface area (Å²) in [6, 6.07) is 13.0. The second-order valence-corrected chi connectivity index (χ2v) is 7.83. The number of hydrazone groups is 1. The van der Waals surface area contributed by atoms with E-state index in [1.54, 1.807) is 0 Å². The van der Waals surface area contributed by atoms with Crippen LogP contribution in [-0.4, -0.2) is 30.5 Å². The van der Waals surface area contributed by atoms with Gasteiger partial charge >= 0.3 is 5.69 Å². The van der Waals surface area contributed by atoms with Gasteiger partial charge in [0.15, 0.2) is 4.90 Å². The van der Waals surface area contributed by atoms with Gasteiger partial charge in [-0.25, -0.2) is 18.6 Å². The topological polar surface area (TPSA) is 153 Å². The van der Waals surface area contributed by atoms with Gasteiger partial charge in [-0.1, -0.05) is 24.3 Å². The molecule has 0 aliphatic rings. The van der Waals surface area contributed by atoms with Gasteiger partial charge < -0.3 is 4.98 Å². The van der Waals surface area contributed by atoms with E-state index in [2.05, 4.69) is 20.2 Å². The molecular formula is C19H17N5O5S. The highest BCUT2D eigenvalue weighted by molar-refractivity contribution is 7.92. The summed E-state index contributed by atoms with van der Waals surface area (Å²) in [6.07, 6.45) is 2.33. The van der Waals surface area contributed by atoms with Crippen LogP contribution >= 0.6 is 0 Å². The normalized spacial score (nSPS) is 11.4. The van der Waals surface area contributed by atoms with E-state index in [0.29, 0.717) is 0 Å². The number of aromatic nitrogens is 2. The molecule has 0 fully saturated rings. The van der Waals surface area contributed by atoms with Gasteiger partial charge in [-0.05, 0) is 42.3 Å². The molecule has 0 bridgehead atoms. The van der Waals surface area contributed by atoms with Crippen LogP contribution in [0.4, 0.5) is 5.69 Å². The maximum atomic E-state index is 12.3. The van der Waals surface area contributed by atoms with Gasteiger partial charge in [-0.15, -0.1) is 0 Å². The second kappa shape index (κ2) is 8.57. The molecule has 10 nitrogen and oxygen atoms in total. The third kappa shape index (κ3) is 4.89. The van der Waals surface area contributed by atoms with E-state index >= 15 is 0 Å². The van der Waals surface area contributed by atoms with Crippen molar-refractivity contribution in [3.05, 3.63) is 92.3 Å². The number of hydrogen-bond donors (Lipinski definition) is 4. The van der Waals surface area contributed by atoms with Gasteiger partial charge in [0.1, 0.15) is 0 Å². The highest BCUT2D eigenvalue weighted by Gasteiger charge is 2.19. The van der Waals surface area contributed by atoms with Crippen LogP contribution < -0.4 is 21.4 Å². The van der Waals surface area contributed by atoms with Crippen molar-refractivity contribution in [2.45, 2.75) is 11.8 Å². The fraction of sp³-hybridized carbons (Fsp3) is 0.0526. The molecule has 1 amide bonds. The summed E-state index contributed by atoms with van der Waals surface area (Å²) in [5, 5.41) is 3.91. The van der Waals surface area contributed by atoms with Crippen molar-refractivity contribution in [2.75, 3.05) is 4.72 Å². The largest absolute Gasteiger partial charge is 0.325 e. The molecule has 154 valence electrons. The Balaban J connectivity index is 1.68. The van der Waals surface area contributed by atoms with Crippen molar-refractivity contribution in [1.29, 1.82) is 0 Å². The first kappa shape index (κ1) is 20.7. The number of carbonyl (C=O) groups is 1. The minimum Gasteiger partial charge on any atom is -0.313 e. The third-order valence-electron chi connectivity index (χ3n) is 4.03. The van der Waals surface area contributed by atoms with E-state index in [9.17, 15) is 22.8 Å². The van der Waals surface area contributed by atoms with E-state index in [-0.39, 0.29) is 11.3 Å². The smallest absolute Gasteiger partial charge is 0.313 e. The molecule has 2 aromatic carbocycles. The first-order chi connectivity index (χ1) is 14.3. The molecule has 0 atom stereocenters. The molecular weight excluding hydrogens is 410 g/mol. The van der Waals surface area contributed by atoms with Crippen LogP contribution in [0.5, 0.6) is 0 Å². The lowest BCUT2D eigenvalue weighted by Gasteiger charge is -2.07. The number of aromatic amines is 2. The molecule has 3 aromatic rings. The quantitative estimate of drug-likeness (QED) is 0.341. The number of carbonyl (C=O) groups excluding carboxylic acids is 1. The van der Waals surface area contributed by atoms with Crippen LogP contribution in [0.2, 0.25) is 0 Å². The number of aryl methyl sites for hydroxylation is 1. The summed E-state index contributed by atoms with van der Waals surface area (Å²) >= 11 is 0. The van der Waals surface area contributed by atoms with E-state index < -0.39 is 32.1 Å². The summed E-state index contributed by atoms with van der Waals surface area (Å²) in [5.41, 5.74) is 2.77. The standard InChI is InChI=1S/C19H17N5O5S/c1-12-4-2-3-5-14(12)10-21-23-17(25)13-6-8-15(9-7-13)24-30(28,29)16-11-20-19(27)22-18(16)26/h2-11,24H,1H3,(H,23,25)(H2,20,22,26,27)/b21-10+. The van der Waals surface area contributed by atoms with Gasteiger partial charge in [0.05, 0.1) is 6.21 Å². The first-order valence-electron chi connectivity index (χ1n) is 8.60. The Morgan fingerprint density at radius 1 is 1.07 bits per heavy atom. The molecule has 0 aliphatic carbocycles. The molecule has 30 heavy (non-hydrogen) atoms. The predicted molar refractivity (Wildman–Crippen MR) is 111 cm³/mol. The van der Waals surface area contributed by atoms with Crippen LogP contribution in [0, 0.1) is 6.92 Å². The number of anilines is 1. The molecule has 0 radical (unpaired) electrons. The van der Waals surface area contributed by atoms with E-state index in [0.717, 1.165) is 17.3 Å². The van der Waals surface area contributed by atoms with Crippen molar-refractivity contribution >= 4 is 27.8 Å². The molecule has 0 saturated carbocycles. The lowest BCUT2D eigenvalue weighted by atomic mass is 10.1. The summed E-state index contributed by atoms with van der Waals surface area (Å²) in [6.45, 7) is 1.92. The lowest BCUT2D eigenvalue weighted by molar-refractivity contribution is 0.0955. The second-order valence-electron chi connectivity index (χ2n) is 6.17. The predicted octanol–water partition coefficient (Wildman–Crippen LogP) is 0.936. The average Bonchev–Trinajstić information content (AvgIpc) is 2.69. The van der Waals surface area contributed by atoms with Crippen molar-refractivity contribution < 1.29 is 13.2 Å². The van der Waals surface area contributed by atoms with Gasteiger partial charge in [-0.3, -0.25) is 19.3 Å². The number of benzene rings is 2. The summed E-state index contributed by atoms with van der Waals surface area (Å²) in [4.78, 5) is 38.2. The van der Waals surface area contributed by atoms with E-state index in [1.807, 2.05) is 36.2 Å². The van der Waals surface area contributed by atoms with Crippen molar-refractivity contribution in [1.82, 2.24) is 15.4 Å². The van der Waals surface area contributed by atoms with Crippen LogP contribution in [0.3, 0.4) is 0 Å². The molecule has 0 spiro atoms. The Kier molecular flexibility index (Phi) is 5.93. The molecule has 0 aliphatic heterocycles. The van der Waals surface area contributed by atoms with Crippen LogP contribution in [0.1, 0.15) is 21.5 Å². The number of sulfonamides is 1. The molecule has 1 aromatic heterocycles. The van der Waals surface area contributed by atoms with Crippen LogP contribution in [0.25, 0.3) is 0 Å². The van der Waals surface area contributed by atoms with Crippen molar-refractivity contribution in [2.24, 2.45) is 5.10 Å². The number of amides is 1. The Morgan fingerprint density at radius 3 is 2.43 bits per heavy atom. The summed E-state index contributed by atoms with van der Waals surface area (Å²) in [7, 11) is -4.23. The van der Waals surface area contributed by atoms with Crippen LogP contribution in [0.15, 0.2) is 74.3 Å². The SMILES string of the molecule is Cc1ccccc1/C=N/NC(=O)c1ccc(NS(=O)(=O)c2c[nH]c(=O)[nH]c2=O)cc1. The molecule has 0 saturated heterocycles. The minimum atomic E-state index is -4.23. The highest BCUT2D eigenvalue weighted by atomic mass is 32.2. The maximum Gasteiger partial charge on any atom is 0.325 e. The first-order valence-corrected chi connectivity index (χ1v) is 10.1. The number of nitrogens with one attached hydrogen (secondary N) is 4. The van der Waals surface area contributed by atoms with Gasteiger partial charge in [0.2, 0.25) is 0 Å². The Labute approximate surface area is 170 Å². The molecule has 4 N–H and O–H groups in total. The van der Waals surface area contributed by atoms with E-state index in [1.165, 1.54) is 30.5 Å². The zero-order chi connectivity index (χ0) is 21.7. The van der Waals surface area contributed by atoms with Gasteiger partial charge in [0.25, 0.3) is 21.5 Å². The fourth-order valence-electron chi connectivity index (χ4n) is 2.45. The lowest BCUT2D eigenvalue weighted by Crippen LogP contribution is -2.29. The van der Waals surface area contributed by atoms with E-state index in [4.69, 9.17) is 0 Å². The Morgan fingerprint density at radius 2 is 1.77 bits per heavy atom. The molecule has 0 unspecified atom stereocenters. The monoisotopic (exact) mass is 427 g/mol. The van der Waals surface area contributed by atoms with Crippen molar-refractivity contribution in [3.63, 3.8) is 0 Å².